The number of sulfone groups is 1. The number of rotatable bonds is 4. The number of carbonyl (C=O) groups excluding carboxylic acids is 1. The molecule has 0 spiro atoms. The maximum atomic E-state index is 12.1. The lowest BCUT2D eigenvalue weighted by molar-refractivity contribution is -0.123. The zero-order valence-electron chi connectivity index (χ0n) is 11.6. The molecule has 0 radical (unpaired) electrons. The van der Waals surface area contributed by atoms with Gasteiger partial charge in [0.15, 0.2) is 9.84 Å². The molecule has 0 aromatic rings. The molecule has 1 heterocycles. The van der Waals surface area contributed by atoms with E-state index in [2.05, 4.69) is 10.6 Å². The number of carbonyl (C=O) groups is 1. The molecule has 0 aromatic heterocycles. The van der Waals surface area contributed by atoms with Gasteiger partial charge in [-0.25, -0.2) is 8.42 Å². The average molecular weight is 276 g/mol. The summed E-state index contributed by atoms with van der Waals surface area (Å²) in [5.74, 6) is -0.0406. The molecule has 18 heavy (non-hydrogen) atoms. The average Bonchev–Trinajstić information content (AvgIpc) is 2.28. The van der Waals surface area contributed by atoms with Crippen molar-refractivity contribution < 1.29 is 13.2 Å². The molecule has 0 aromatic carbocycles. The van der Waals surface area contributed by atoms with Gasteiger partial charge in [0.25, 0.3) is 0 Å². The molecule has 1 aliphatic rings. The second-order valence-corrected chi connectivity index (χ2v) is 8.22. The van der Waals surface area contributed by atoms with Gasteiger partial charge in [0.2, 0.25) is 5.91 Å². The molecule has 2 atom stereocenters. The van der Waals surface area contributed by atoms with Gasteiger partial charge >= 0.3 is 0 Å². The van der Waals surface area contributed by atoms with E-state index in [9.17, 15) is 13.2 Å². The van der Waals surface area contributed by atoms with Gasteiger partial charge in [0.1, 0.15) is 4.75 Å². The molecule has 1 fully saturated rings. The number of piperidine rings is 1. The minimum absolute atomic E-state index is 0.00803. The number of hydrogen-bond acceptors (Lipinski definition) is 4. The Hall–Kier alpha value is -0.620. The first-order valence-corrected chi connectivity index (χ1v) is 8.26. The SMILES string of the molecule is CC(NC(=O)C(C)(C)S(C)(=O)=O)C1CCCNC1. The van der Waals surface area contributed by atoms with Gasteiger partial charge in [-0.3, -0.25) is 4.79 Å². The van der Waals surface area contributed by atoms with Gasteiger partial charge in [0.05, 0.1) is 0 Å². The first-order chi connectivity index (χ1) is 8.16. The minimum atomic E-state index is -3.41. The van der Waals surface area contributed by atoms with Gasteiger partial charge in [-0.05, 0) is 52.6 Å². The molecule has 2 unspecified atom stereocenters. The van der Waals surface area contributed by atoms with Gasteiger partial charge in [-0.15, -0.1) is 0 Å². The van der Waals surface area contributed by atoms with E-state index < -0.39 is 20.5 Å². The second-order valence-electron chi connectivity index (χ2n) is 5.65. The standard InChI is InChI=1S/C12H24N2O3S/c1-9(10-6-5-7-13-8-10)14-11(15)12(2,3)18(4,16)17/h9-10,13H,5-8H2,1-4H3,(H,14,15). The van der Waals surface area contributed by atoms with Crippen LogP contribution in [0.1, 0.15) is 33.6 Å². The Morgan fingerprint density at radius 2 is 2.06 bits per heavy atom. The predicted molar refractivity (Wildman–Crippen MR) is 72.1 cm³/mol. The molecule has 6 heteroatoms. The number of amides is 1. The van der Waals surface area contributed by atoms with Gasteiger partial charge in [0, 0.05) is 12.3 Å². The first kappa shape index (κ1) is 15.4. The summed E-state index contributed by atoms with van der Waals surface area (Å²) in [5.41, 5.74) is 0. The van der Waals surface area contributed by atoms with E-state index in [-0.39, 0.29) is 6.04 Å². The van der Waals surface area contributed by atoms with Crippen LogP contribution in [-0.4, -0.2) is 44.5 Å². The topological polar surface area (TPSA) is 75.3 Å². The van der Waals surface area contributed by atoms with Crippen LogP contribution >= 0.6 is 0 Å². The van der Waals surface area contributed by atoms with E-state index in [1.165, 1.54) is 13.8 Å². The zero-order valence-corrected chi connectivity index (χ0v) is 12.4. The Morgan fingerprint density at radius 1 is 1.44 bits per heavy atom. The van der Waals surface area contributed by atoms with Crippen LogP contribution in [0.25, 0.3) is 0 Å². The van der Waals surface area contributed by atoms with E-state index in [1.54, 1.807) is 0 Å². The summed E-state index contributed by atoms with van der Waals surface area (Å²) in [6.07, 6.45) is 3.26. The van der Waals surface area contributed by atoms with Crippen LogP contribution in [-0.2, 0) is 14.6 Å². The highest BCUT2D eigenvalue weighted by Crippen LogP contribution is 2.18. The minimum Gasteiger partial charge on any atom is -0.352 e. The van der Waals surface area contributed by atoms with Crippen LogP contribution in [0.15, 0.2) is 0 Å². The smallest absolute Gasteiger partial charge is 0.241 e. The Bertz CT molecular complexity index is 398. The van der Waals surface area contributed by atoms with Crippen molar-refractivity contribution in [3.05, 3.63) is 0 Å². The molecule has 1 aliphatic heterocycles. The fourth-order valence-corrected chi connectivity index (χ4v) is 2.37. The number of hydrogen-bond donors (Lipinski definition) is 2. The summed E-state index contributed by atoms with van der Waals surface area (Å²) in [5, 5.41) is 6.13. The van der Waals surface area contributed by atoms with E-state index in [0.717, 1.165) is 32.2 Å². The predicted octanol–water partition coefficient (Wildman–Crippen LogP) is 0.314. The van der Waals surface area contributed by atoms with Crippen molar-refractivity contribution in [2.75, 3.05) is 19.3 Å². The highest BCUT2D eigenvalue weighted by molar-refractivity contribution is 7.92. The molecule has 2 N–H and O–H groups in total. The van der Waals surface area contributed by atoms with Crippen molar-refractivity contribution in [2.45, 2.75) is 44.4 Å². The second kappa shape index (κ2) is 5.57. The van der Waals surface area contributed by atoms with Crippen molar-refractivity contribution in [3.63, 3.8) is 0 Å². The quantitative estimate of drug-likeness (QED) is 0.775. The van der Waals surface area contributed by atoms with E-state index in [0.29, 0.717) is 5.92 Å². The Labute approximate surface area is 110 Å². The molecule has 0 bridgehead atoms. The molecule has 1 rings (SSSR count). The number of nitrogens with one attached hydrogen (secondary N) is 2. The molecule has 1 saturated heterocycles. The van der Waals surface area contributed by atoms with Gasteiger partial charge < -0.3 is 10.6 Å². The lowest BCUT2D eigenvalue weighted by atomic mass is 9.92. The molecule has 106 valence electrons. The summed E-state index contributed by atoms with van der Waals surface area (Å²) < 4.78 is 21.8. The fourth-order valence-electron chi connectivity index (χ4n) is 1.97. The van der Waals surface area contributed by atoms with Crippen LogP contribution < -0.4 is 10.6 Å². The Balaban J connectivity index is 2.64. The Morgan fingerprint density at radius 3 is 2.50 bits per heavy atom. The third kappa shape index (κ3) is 3.45. The fraction of sp³-hybridized carbons (Fsp3) is 0.917. The third-order valence-corrected chi connectivity index (χ3v) is 5.91. The van der Waals surface area contributed by atoms with Crippen LogP contribution in [0.3, 0.4) is 0 Å². The van der Waals surface area contributed by atoms with E-state index in [1.807, 2.05) is 6.92 Å². The summed E-state index contributed by atoms with van der Waals surface area (Å²) in [6, 6.07) is -0.00803. The lowest BCUT2D eigenvalue weighted by Gasteiger charge is -2.31. The maximum absolute atomic E-state index is 12.1. The summed E-state index contributed by atoms with van der Waals surface area (Å²) in [6.45, 7) is 6.73. The van der Waals surface area contributed by atoms with Crippen molar-refractivity contribution in [2.24, 2.45) is 5.92 Å². The van der Waals surface area contributed by atoms with Gasteiger partial charge in [-0.2, -0.15) is 0 Å². The summed E-state index contributed by atoms with van der Waals surface area (Å²) in [4.78, 5) is 12.1. The molecule has 1 amide bonds. The van der Waals surface area contributed by atoms with Crippen LogP contribution in [0.2, 0.25) is 0 Å². The molecular formula is C12H24N2O3S. The monoisotopic (exact) mass is 276 g/mol. The molecule has 0 aliphatic carbocycles. The van der Waals surface area contributed by atoms with Crippen LogP contribution in [0.5, 0.6) is 0 Å². The molecule has 5 nitrogen and oxygen atoms in total. The van der Waals surface area contributed by atoms with Crippen molar-refractivity contribution in [1.82, 2.24) is 10.6 Å². The van der Waals surface area contributed by atoms with Crippen LogP contribution in [0.4, 0.5) is 0 Å². The van der Waals surface area contributed by atoms with Crippen molar-refractivity contribution >= 4 is 15.7 Å². The molecule has 0 saturated carbocycles. The third-order valence-electron chi connectivity index (χ3n) is 3.87. The normalized spacial score (nSPS) is 23.4. The summed E-state index contributed by atoms with van der Waals surface area (Å²) >= 11 is 0. The van der Waals surface area contributed by atoms with E-state index in [4.69, 9.17) is 0 Å². The lowest BCUT2D eigenvalue weighted by Crippen LogP contribution is -2.53. The van der Waals surface area contributed by atoms with Crippen molar-refractivity contribution in [1.29, 1.82) is 0 Å². The summed E-state index contributed by atoms with van der Waals surface area (Å²) in [7, 11) is -3.41. The maximum Gasteiger partial charge on any atom is 0.241 e. The Kier molecular flexibility index (Phi) is 4.78. The largest absolute Gasteiger partial charge is 0.352 e. The highest BCUT2D eigenvalue weighted by atomic mass is 32.2. The van der Waals surface area contributed by atoms with E-state index >= 15 is 0 Å². The van der Waals surface area contributed by atoms with Crippen molar-refractivity contribution in [3.8, 4) is 0 Å². The highest BCUT2D eigenvalue weighted by Gasteiger charge is 2.39. The molecular weight excluding hydrogens is 252 g/mol. The first-order valence-electron chi connectivity index (χ1n) is 6.37. The van der Waals surface area contributed by atoms with Gasteiger partial charge in [-0.1, -0.05) is 0 Å². The zero-order chi connectivity index (χ0) is 14.0. The van der Waals surface area contributed by atoms with Crippen LogP contribution in [0, 0.1) is 5.92 Å².